The van der Waals surface area contributed by atoms with Crippen LogP contribution in [0.5, 0.6) is 0 Å². The van der Waals surface area contributed by atoms with E-state index in [0.717, 1.165) is 19.4 Å². The zero-order valence-electron chi connectivity index (χ0n) is 11.9. The summed E-state index contributed by atoms with van der Waals surface area (Å²) in [6.45, 7) is 2.79. The van der Waals surface area contributed by atoms with Crippen molar-refractivity contribution >= 4 is 5.91 Å². The van der Waals surface area contributed by atoms with E-state index in [4.69, 9.17) is 0 Å². The van der Waals surface area contributed by atoms with Crippen LogP contribution in [0.3, 0.4) is 0 Å². The summed E-state index contributed by atoms with van der Waals surface area (Å²) in [5, 5.41) is 3.16. The Balaban J connectivity index is 1.83. The molecule has 0 spiro atoms. The van der Waals surface area contributed by atoms with E-state index in [1.807, 2.05) is 32.2 Å². The van der Waals surface area contributed by atoms with E-state index < -0.39 is 0 Å². The molecule has 1 aromatic carbocycles. The molecule has 0 bridgehead atoms. The predicted molar refractivity (Wildman–Crippen MR) is 77.8 cm³/mol. The summed E-state index contributed by atoms with van der Waals surface area (Å²) in [5.74, 6) is 0.158. The molecule has 1 aliphatic rings. The summed E-state index contributed by atoms with van der Waals surface area (Å²) < 4.78 is 0. The number of nitrogens with one attached hydrogen (secondary N) is 1. The molecule has 1 N–H and O–H groups in total. The van der Waals surface area contributed by atoms with Crippen LogP contribution >= 0.6 is 0 Å². The van der Waals surface area contributed by atoms with Crippen LogP contribution < -0.4 is 5.32 Å². The maximum atomic E-state index is 12.2. The van der Waals surface area contributed by atoms with Crippen molar-refractivity contribution in [2.45, 2.75) is 51.2 Å². The summed E-state index contributed by atoms with van der Waals surface area (Å²) in [7, 11) is 2.01. The van der Waals surface area contributed by atoms with Gasteiger partial charge in [0.15, 0.2) is 0 Å². The van der Waals surface area contributed by atoms with Crippen molar-refractivity contribution in [2.75, 3.05) is 7.05 Å². The molecule has 1 atom stereocenters. The monoisotopic (exact) mass is 260 g/mol. The van der Waals surface area contributed by atoms with E-state index in [0.29, 0.717) is 6.04 Å². The second kappa shape index (κ2) is 6.71. The highest BCUT2D eigenvalue weighted by atomic mass is 16.2. The lowest BCUT2D eigenvalue weighted by atomic mass is 10.1. The largest absolute Gasteiger partial charge is 0.352 e. The maximum absolute atomic E-state index is 12.2. The van der Waals surface area contributed by atoms with Gasteiger partial charge in [-0.25, -0.2) is 0 Å². The Morgan fingerprint density at radius 3 is 2.58 bits per heavy atom. The number of benzene rings is 1. The summed E-state index contributed by atoms with van der Waals surface area (Å²) in [6.07, 6.45) is 4.78. The summed E-state index contributed by atoms with van der Waals surface area (Å²) in [4.78, 5) is 14.3. The first-order chi connectivity index (χ1) is 9.16. The van der Waals surface area contributed by atoms with Gasteiger partial charge in [-0.1, -0.05) is 43.2 Å². The minimum Gasteiger partial charge on any atom is -0.352 e. The summed E-state index contributed by atoms with van der Waals surface area (Å²) >= 11 is 0. The van der Waals surface area contributed by atoms with Crippen molar-refractivity contribution in [3.8, 4) is 0 Å². The lowest BCUT2D eigenvalue weighted by Gasteiger charge is -2.25. The number of nitrogens with zero attached hydrogens (tertiary/aromatic N) is 1. The third-order valence-corrected chi connectivity index (χ3v) is 4.02. The molecule has 0 radical (unpaired) electrons. The highest BCUT2D eigenvalue weighted by Crippen LogP contribution is 2.18. The highest BCUT2D eigenvalue weighted by Gasteiger charge is 2.22. The molecule has 104 valence electrons. The maximum Gasteiger partial charge on any atom is 0.237 e. The van der Waals surface area contributed by atoms with E-state index >= 15 is 0 Å². The Morgan fingerprint density at radius 2 is 1.95 bits per heavy atom. The number of hydrogen-bond acceptors (Lipinski definition) is 2. The Kier molecular flexibility index (Phi) is 4.97. The first-order valence-electron chi connectivity index (χ1n) is 7.21. The highest BCUT2D eigenvalue weighted by molar-refractivity contribution is 5.81. The molecule has 1 fully saturated rings. The molecular weight excluding hydrogens is 236 g/mol. The van der Waals surface area contributed by atoms with Crippen molar-refractivity contribution in [3.05, 3.63) is 35.9 Å². The normalized spacial score (nSPS) is 17.6. The van der Waals surface area contributed by atoms with Gasteiger partial charge >= 0.3 is 0 Å². The van der Waals surface area contributed by atoms with Gasteiger partial charge in [0.2, 0.25) is 5.91 Å². The van der Waals surface area contributed by atoms with Gasteiger partial charge in [0.1, 0.15) is 0 Å². The van der Waals surface area contributed by atoms with Crippen LogP contribution in [0, 0.1) is 0 Å². The van der Waals surface area contributed by atoms with Crippen LogP contribution in [0.4, 0.5) is 0 Å². The van der Waals surface area contributed by atoms with Crippen molar-refractivity contribution in [3.63, 3.8) is 0 Å². The fourth-order valence-electron chi connectivity index (χ4n) is 2.60. The second-order valence-electron chi connectivity index (χ2n) is 5.57. The second-order valence-corrected chi connectivity index (χ2v) is 5.57. The zero-order valence-corrected chi connectivity index (χ0v) is 11.9. The molecule has 1 aromatic rings. The predicted octanol–water partition coefficient (Wildman–Crippen LogP) is 2.57. The van der Waals surface area contributed by atoms with Gasteiger partial charge in [0, 0.05) is 12.6 Å². The molecule has 2 rings (SSSR count). The van der Waals surface area contributed by atoms with Gasteiger partial charge in [-0.05, 0) is 32.4 Å². The lowest BCUT2D eigenvalue weighted by Crippen LogP contribution is -2.46. The van der Waals surface area contributed by atoms with Gasteiger partial charge in [-0.3, -0.25) is 9.69 Å². The lowest BCUT2D eigenvalue weighted by molar-refractivity contribution is -0.126. The number of amides is 1. The number of carbonyl (C=O) groups is 1. The van der Waals surface area contributed by atoms with Gasteiger partial charge in [0.05, 0.1) is 6.04 Å². The van der Waals surface area contributed by atoms with E-state index in [1.165, 1.54) is 18.4 Å². The number of carbonyl (C=O) groups excluding carboxylic acids is 1. The number of rotatable bonds is 5. The number of hydrogen-bond donors (Lipinski definition) is 1. The summed E-state index contributed by atoms with van der Waals surface area (Å²) in [5.41, 5.74) is 1.24. The Hall–Kier alpha value is -1.35. The van der Waals surface area contributed by atoms with Crippen molar-refractivity contribution in [2.24, 2.45) is 0 Å². The van der Waals surface area contributed by atoms with Crippen LogP contribution in [0.2, 0.25) is 0 Å². The van der Waals surface area contributed by atoms with Crippen LogP contribution in [0.25, 0.3) is 0 Å². The molecule has 0 heterocycles. The molecular formula is C16H24N2O. The molecule has 0 unspecified atom stereocenters. The molecule has 0 aromatic heterocycles. The quantitative estimate of drug-likeness (QED) is 0.882. The van der Waals surface area contributed by atoms with Gasteiger partial charge in [-0.15, -0.1) is 0 Å². The van der Waals surface area contributed by atoms with Crippen molar-refractivity contribution in [1.29, 1.82) is 0 Å². The van der Waals surface area contributed by atoms with Crippen LogP contribution in [-0.4, -0.2) is 29.9 Å². The first kappa shape index (κ1) is 14.1. The Labute approximate surface area is 116 Å². The van der Waals surface area contributed by atoms with Gasteiger partial charge < -0.3 is 5.32 Å². The number of likely N-dealkylation sites (N-methyl/N-ethyl adjacent to an activating group) is 1. The van der Waals surface area contributed by atoms with Crippen LogP contribution in [0.15, 0.2) is 30.3 Å². The average molecular weight is 260 g/mol. The first-order valence-corrected chi connectivity index (χ1v) is 7.21. The molecule has 1 saturated carbocycles. The fourth-order valence-corrected chi connectivity index (χ4v) is 2.60. The zero-order chi connectivity index (χ0) is 13.7. The Morgan fingerprint density at radius 1 is 1.32 bits per heavy atom. The van der Waals surface area contributed by atoms with Crippen LogP contribution in [0.1, 0.15) is 38.2 Å². The third-order valence-electron chi connectivity index (χ3n) is 4.02. The molecule has 0 aliphatic heterocycles. The molecule has 1 amide bonds. The molecule has 0 saturated heterocycles. The van der Waals surface area contributed by atoms with Gasteiger partial charge in [-0.2, -0.15) is 0 Å². The Bertz CT molecular complexity index is 398. The van der Waals surface area contributed by atoms with E-state index in [2.05, 4.69) is 22.3 Å². The minimum absolute atomic E-state index is 0.0826. The third kappa shape index (κ3) is 4.06. The van der Waals surface area contributed by atoms with Gasteiger partial charge in [0.25, 0.3) is 0 Å². The smallest absolute Gasteiger partial charge is 0.237 e. The van der Waals surface area contributed by atoms with E-state index in [-0.39, 0.29) is 11.9 Å². The topological polar surface area (TPSA) is 32.3 Å². The molecule has 3 heteroatoms. The SMILES string of the molecule is C[C@H](C(=O)NC1CCCC1)N(C)Cc1ccccc1. The fraction of sp³-hybridized carbons (Fsp3) is 0.562. The standard InChI is InChI=1S/C16H24N2O/c1-13(16(19)17-15-10-6-7-11-15)18(2)12-14-8-4-3-5-9-14/h3-5,8-9,13,15H,6-7,10-12H2,1-2H3,(H,17,19)/t13-/m1/s1. The van der Waals surface area contributed by atoms with Crippen molar-refractivity contribution < 1.29 is 4.79 Å². The van der Waals surface area contributed by atoms with Crippen LogP contribution in [-0.2, 0) is 11.3 Å². The van der Waals surface area contributed by atoms with Crippen molar-refractivity contribution in [1.82, 2.24) is 10.2 Å². The summed E-state index contributed by atoms with van der Waals surface area (Å²) in [6, 6.07) is 10.6. The van der Waals surface area contributed by atoms with E-state index in [9.17, 15) is 4.79 Å². The molecule has 3 nitrogen and oxygen atoms in total. The molecule has 19 heavy (non-hydrogen) atoms. The minimum atomic E-state index is -0.0826. The average Bonchev–Trinajstić information content (AvgIpc) is 2.91. The molecule has 1 aliphatic carbocycles. The van der Waals surface area contributed by atoms with E-state index in [1.54, 1.807) is 0 Å².